The van der Waals surface area contributed by atoms with E-state index in [9.17, 15) is 8.42 Å². The molecule has 0 saturated carbocycles. The molecule has 0 amide bonds. The molecule has 0 spiro atoms. The molecule has 1 aliphatic rings. The molecule has 3 rings (SSSR count). The predicted molar refractivity (Wildman–Crippen MR) is 86.8 cm³/mol. The van der Waals surface area contributed by atoms with Crippen molar-refractivity contribution < 1.29 is 8.42 Å². The van der Waals surface area contributed by atoms with Crippen LogP contribution in [0, 0.1) is 0 Å². The smallest absolute Gasteiger partial charge is 0.241 e. The molecule has 1 fully saturated rings. The Hall–Kier alpha value is -1.51. The van der Waals surface area contributed by atoms with Crippen LogP contribution in [0.1, 0.15) is 23.8 Å². The Balaban J connectivity index is 1.76. The Morgan fingerprint density at radius 3 is 2.86 bits per heavy atom. The first-order valence-electron chi connectivity index (χ1n) is 7.14. The van der Waals surface area contributed by atoms with Crippen LogP contribution >= 0.6 is 11.3 Å². The van der Waals surface area contributed by atoms with E-state index in [1.165, 1.54) is 18.3 Å². The number of piperidine rings is 1. The van der Waals surface area contributed by atoms with Crippen LogP contribution in [0.5, 0.6) is 0 Å². The largest absolute Gasteiger partial charge is 0.356 e. The summed E-state index contributed by atoms with van der Waals surface area (Å²) < 4.78 is 25.7. The van der Waals surface area contributed by atoms with Crippen molar-refractivity contribution in [1.29, 1.82) is 0 Å². The van der Waals surface area contributed by atoms with Crippen LogP contribution in [-0.4, -0.2) is 38.5 Å². The van der Waals surface area contributed by atoms with Crippen LogP contribution in [0.25, 0.3) is 0 Å². The fourth-order valence-corrected chi connectivity index (χ4v) is 4.10. The molecule has 1 saturated heterocycles. The number of nitrogens with zero attached hydrogens (tertiary/aromatic N) is 3. The molecule has 118 valence electrons. The second kappa shape index (κ2) is 6.31. The Labute approximate surface area is 134 Å². The molecule has 2 aromatic heterocycles. The van der Waals surface area contributed by atoms with Gasteiger partial charge in [-0.05, 0) is 32.0 Å². The second-order valence-corrected chi connectivity index (χ2v) is 8.03. The summed E-state index contributed by atoms with van der Waals surface area (Å²) in [5, 5.41) is 3.17. The number of thiazole rings is 1. The number of anilines is 1. The van der Waals surface area contributed by atoms with E-state index in [1.807, 2.05) is 11.6 Å². The van der Waals surface area contributed by atoms with E-state index in [0.717, 1.165) is 31.7 Å². The molecule has 22 heavy (non-hydrogen) atoms. The van der Waals surface area contributed by atoms with Crippen molar-refractivity contribution >= 4 is 27.2 Å². The highest BCUT2D eigenvalue weighted by Crippen LogP contribution is 2.30. The lowest BCUT2D eigenvalue weighted by molar-refractivity contribution is 0.505. The normalized spacial score (nSPS) is 19.3. The summed E-state index contributed by atoms with van der Waals surface area (Å²) in [7, 11) is -2.04. The fourth-order valence-electron chi connectivity index (χ4n) is 2.66. The molecule has 3 heterocycles. The van der Waals surface area contributed by atoms with Gasteiger partial charge in [0.1, 0.15) is 10.7 Å². The first-order valence-corrected chi connectivity index (χ1v) is 9.50. The molecule has 0 radical (unpaired) electrons. The summed E-state index contributed by atoms with van der Waals surface area (Å²) in [6.07, 6.45) is 5.47. The van der Waals surface area contributed by atoms with E-state index in [2.05, 4.69) is 19.6 Å². The lowest BCUT2D eigenvalue weighted by atomic mass is 9.99. The maximum atomic E-state index is 11.7. The quantitative estimate of drug-likeness (QED) is 0.920. The van der Waals surface area contributed by atoms with Crippen molar-refractivity contribution in [2.75, 3.05) is 25.0 Å². The van der Waals surface area contributed by atoms with E-state index in [4.69, 9.17) is 0 Å². The van der Waals surface area contributed by atoms with Gasteiger partial charge in [-0.1, -0.05) is 0 Å². The molecule has 1 N–H and O–H groups in total. The summed E-state index contributed by atoms with van der Waals surface area (Å²) in [5.74, 6) is 1.24. The number of sulfonamides is 1. The molecule has 0 aromatic carbocycles. The Kier molecular flexibility index (Phi) is 4.42. The van der Waals surface area contributed by atoms with Crippen LogP contribution in [0.3, 0.4) is 0 Å². The maximum Gasteiger partial charge on any atom is 0.241 e. The number of rotatable bonds is 4. The lowest BCUT2D eigenvalue weighted by Gasteiger charge is -2.32. The second-order valence-electron chi connectivity index (χ2n) is 5.22. The van der Waals surface area contributed by atoms with Gasteiger partial charge in [-0.25, -0.2) is 23.1 Å². The minimum atomic E-state index is -3.43. The average molecular weight is 338 g/mol. The average Bonchev–Trinajstić information content (AvgIpc) is 3.10. The third-order valence-electron chi connectivity index (χ3n) is 3.85. The Bertz CT molecular complexity index is 714. The van der Waals surface area contributed by atoms with Crippen molar-refractivity contribution in [3.8, 4) is 0 Å². The Morgan fingerprint density at radius 2 is 2.23 bits per heavy atom. The molecular formula is C14H18N4O2S2. The van der Waals surface area contributed by atoms with Gasteiger partial charge in [-0.2, -0.15) is 0 Å². The topological polar surface area (TPSA) is 75.2 Å². The van der Waals surface area contributed by atoms with Gasteiger partial charge in [0.05, 0.1) is 5.01 Å². The highest BCUT2D eigenvalue weighted by Gasteiger charge is 2.24. The molecule has 0 unspecified atom stereocenters. The number of aromatic nitrogens is 2. The van der Waals surface area contributed by atoms with Gasteiger partial charge in [-0.3, -0.25) is 0 Å². The van der Waals surface area contributed by atoms with Gasteiger partial charge in [0.25, 0.3) is 0 Å². The molecule has 2 aromatic rings. The van der Waals surface area contributed by atoms with Crippen molar-refractivity contribution in [2.24, 2.45) is 0 Å². The van der Waals surface area contributed by atoms with E-state index in [1.54, 1.807) is 23.5 Å². The standard InChI is InChI=1S/C14H18N4O2S2/c1-15-22(19,20)12-4-5-13(17-9-12)18-7-2-3-11(10-18)14-16-6-8-21-14/h4-6,8-9,11,15H,2-3,7,10H2,1H3/t11-/m0/s1. The fraction of sp³-hybridized carbons (Fsp3) is 0.429. The zero-order chi connectivity index (χ0) is 15.6. The highest BCUT2D eigenvalue weighted by atomic mass is 32.2. The zero-order valence-corrected chi connectivity index (χ0v) is 13.9. The zero-order valence-electron chi connectivity index (χ0n) is 12.3. The minimum Gasteiger partial charge on any atom is -0.356 e. The third kappa shape index (κ3) is 3.13. The van der Waals surface area contributed by atoms with Crippen molar-refractivity contribution in [3.63, 3.8) is 0 Å². The van der Waals surface area contributed by atoms with E-state index < -0.39 is 10.0 Å². The van der Waals surface area contributed by atoms with Gasteiger partial charge in [0.2, 0.25) is 10.0 Å². The van der Waals surface area contributed by atoms with Crippen LogP contribution in [0.4, 0.5) is 5.82 Å². The van der Waals surface area contributed by atoms with Crippen LogP contribution in [0.15, 0.2) is 34.8 Å². The monoisotopic (exact) mass is 338 g/mol. The number of pyridine rings is 1. The maximum absolute atomic E-state index is 11.7. The highest BCUT2D eigenvalue weighted by molar-refractivity contribution is 7.89. The third-order valence-corrected chi connectivity index (χ3v) is 6.18. The first-order chi connectivity index (χ1) is 10.6. The van der Waals surface area contributed by atoms with Crippen LogP contribution in [0.2, 0.25) is 0 Å². The molecule has 1 atom stereocenters. The molecule has 6 nitrogen and oxygen atoms in total. The summed E-state index contributed by atoms with van der Waals surface area (Å²) in [6.45, 7) is 1.81. The lowest BCUT2D eigenvalue weighted by Crippen LogP contribution is -2.35. The van der Waals surface area contributed by atoms with Crippen molar-refractivity contribution in [3.05, 3.63) is 34.9 Å². The molecule has 0 aliphatic carbocycles. The SMILES string of the molecule is CNS(=O)(=O)c1ccc(N2CCC[C@H](c3nccs3)C2)nc1. The van der Waals surface area contributed by atoms with Gasteiger partial charge in [0, 0.05) is 36.8 Å². The van der Waals surface area contributed by atoms with Crippen LogP contribution < -0.4 is 9.62 Å². The van der Waals surface area contributed by atoms with Gasteiger partial charge in [0.15, 0.2) is 0 Å². The summed E-state index contributed by atoms with van der Waals surface area (Å²) in [4.78, 5) is 11.1. The first kappa shape index (κ1) is 15.4. The van der Waals surface area contributed by atoms with Crippen molar-refractivity contribution in [2.45, 2.75) is 23.7 Å². The Morgan fingerprint density at radius 1 is 1.36 bits per heavy atom. The van der Waals surface area contributed by atoms with Gasteiger partial charge in [-0.15, -0.1) is 11.3 Å². The minimum absolute atomic E-state index is 0.187. The molecule has 1 aliphatic heterocycles. The number of nitrogens with one attached hydrogen (secondary N) is 1. The van der Waals surface area contributed by atoms with E-state index in [-0.39, 0.29) is 4.90 Å². The molecular weight excluding hydrogens is 320 g/mol. The number of hydrogen-bond acceptors (Lipinski definition) is 6. The molecule has 8 heteroatoms. The van der Waals surface area contributed by atoms with E-state index in [0.29, 0.717) is 5.92 Å². The van der Waals surface area contributed by atoms with E-state index >= 15 is 0 Å². The number of hydrogen-bond donors (Lipinski definition) is 1. The van der Waals surface area contributed by atoms with Gasteiger partial charge >= 0.3 is 0 Å². The van der Waals surface area contributed by atoms with Gasteiger partial charge < -0.3 is 4.90 Å². The summed E-state index contributed by atoms with van der Waals surface area (Å²) in [5.41, 5.74) is 0. The van der Waals surface area contributed by atoms with Crippen LogP contribution in [-0.2, 0) is 10.0 Å². The molecule has 0 bridgehead atoms. The predicted octanol–water partition coefficient (Wildman–Crippen LogP) is 1.83. The van der Waals surface area contributed by atoms with Crippen molar-refractivity contribution in [1.82, 2.24) is 14.7 Å². The summed E-state index contributed by atoms with van der Waals surface area (Å²) >= 11 is 1.69. The summed E-state index contributed by atoms with van der Waals surface area (Å²) in [6, 6.07) is 3.37.